The minimum absolute atomic E-state index is 0.187. The molecule has 0 spiro atoms. The summed E-state index contributed by atoms with van der Waals surface area (Å²) in [6, 6.07) is -1.35. The van der Waals surface area contributed by atoms with Gasteiger partial charge in [0.25, 0.3) is 0 Å². The van der Waals surface area contributed by atoms with Crippen molar-refractivity contribution in [3.8, 4) is 0 Å². The quantitative estimate of drug-likeness (QED) is 0.641. The topological polar surface area (TPSA) is 89.9 Å². The zero-order valence-corrected chi connectivity index (χ0v) is 10.6. The maximum Gasteiger partial charge on any atom is 0.326 e. The first-order valence-electron chi connectivity index (χ1n) is 5.97. The normalized spacial score (nSPS) is 20.0. The average molecular weight is 256 g/mol. The van der Waals surface area contributed by atoms with Gasteiger partial charge in [-0.2, -0.15) is 0 Å². The van der Waals surface area contributed by atoms with Gasteiger partial charge in [-0.15, -0.1) is 6.58 Å². The van der Waals surface area contributed by atoms with Gasteiger partial charge < -0.3 is 20.4 Å². The van der Waals surface area contributed by atoms with E-state index in [1.54, 1.807) is 6.92 Å². The van der Waals surface area contributed by atoms with Gasteiger partial charge >= 0.3 is 12.0 Å². The monoisotopic (exact) mass is 256 g/mol. The molecule has 0 bridgehead atoms. The standard InChI is InChI=1S/C12H20N2O4/c1-3-4-9(10(15)16)13-11(17)14-7-5-12(2,18)6-8-14/h3,9,18H,1,4-8H2,2H3,(H,13,17)(H,15,16). The Labute approximate surface area is 106 Å². The lowest BCUT2D eigenvalue weighted by Crippen LogP contribution is -2.52. The zero-order valence-electron chi connectivity index (χ0n) is 10.6. The summed E-state index contributed by atoms with van der Waals surface area (Å²) in [5, 5.41) is 21.1. The summed E-state index contributed by atoms with van der Waals surface area (Å²) in [7, 11) is 0. The summed E-state index contributed by atoms with van der Waals surface area (Å²) in [6.45, 7) is 6.06. The van der Waals surface area contributed by atoms with E-state index in [-0.39, 0.29) is 6.42 Å². The molecule has 1 unspecified atom stereocenters. The molecule has 1 atom stereocenters. The van der Waals surface area contributed by atoms with Crippen LogP contribution in [0, 0.1) is 0 Å². The minimum Gasteiger partial charge on any atom is -0.480 e. The molecule has 6 nitrogen and oxygen atoms in total. The number of rotatable bonds is 4. The number of carbonyl (C=O) groups is 2. The van der Waals surface area contributed by atoms with E-state index in [2.05, 4.69) is 11.9 Å². The molecule has 1 rings (SSSR count). The molecule has 102 valence electrons. The van der Waals surface area contributed by atoms with Crippen molar-refractivity contribution in [3.63, 3.8) is 0 Å². The number of hydrogen-bond acceptors (Lipinski definition) is 3. The minimum atomic E-state index is -1.08. The first-order valence-corrected chi connectivity index (χ1v) is 5.97. The van der Waals surface area contributed by atoms with Gasteiger partial charge in [0.05, 0.1) is 5.60 Å². The lowest BCUT2D eigenvalue weighted by molar-refractivity contribution is -0.139. The number of aliphatic carboxylic acids is 1. The number of aliphatic hydroxyl groups is 1. The number of amides is 2. The Bertz CT molecular complexity index is 331. The highest BCUT2D eigenvalue weighted by atomic mass is 16.4. The van der Waals surface area contributed by atoms with Crippen molar-refractivity contribution in [1.82, 2.24) is 10.2 Å². The number of hydrogen-bond donors (Lipinski definition) is 3. The number of nitrogens with one attached hydrogen (secondary N) is 1. The molecule has 0 radical (unpaired) electrons. The predicted octanol–water partition coefficient (Wildman–Crippen LogP) is 0.572. The summed E-state index contributed by atoms with van der Waals surface area (Å²) in [4.78, 5) is 24.2. The van der Waals surface area contributed by atoms with Crippen molar-refractivity contribution in [2.75, 3.05) is 13.1 Å². The number of nitrogens with zero attached hydrogens (tertiary/aromatic N) is 1. The van der Waals surface area contributed by atoms with Crippen molar-refractivity contribution in [2.24, 2.45) is 0 Å². The summed E-state index contributed by atoms with van der Waals surface area (Å²) >= 11 is 0. The van der Waals surface area contributed by atoms with Crippen LogP contribution in [0.3, 0.4) is 0 Å². The lowest BCUT2D eigenvalue weighted by atomic mass is 9.94. The molecule has 1 heterocycles. The van der Waals surface area contributed by atoms with Crippen LogP contribution in [0.15, 0.2) is 12.7 Å². The maximum absolute atomic E-state index is 11.8. The van der Waals surface area contributed by atoms with Crippen LogP contribution in [-0.4, -0.2) is 51.8 Å². The van der Waals surface area contributed by atoms with E-state index in [0.29, 0.717) is 25.9 Å². The van der Waals surface area contributed by atoms with Crippen molar-refractivity contribution in [3.05, 3.63) is 12.7 Å². The largest absolute Gasteiger partial charge is 0.480 e. The fourth-order valence-electron chi connectivity index (χ4n) is 1.82. The summed E-state index contributed by atoms with van der Waals surface area (Å²) in [6.07, 6.45) is 2.64. The molecule has 1 aliphatic rings. The van der Waals surface area contributed by atoms with Crippen LogP contribution < -0.4 is 5.32 Å². The van der Waals surface area contributed by atoms with Crippen LogP contribution in [-0.2, 0) is 4.79 Å². The molecule has 0 saturated carbocycles. The second-order valence-corrected chi connectivity index (χ2v) is 4.85. The molecule has 6 heteroatoms. The van der Waals surface area contributed by atoms with Gasteiger partial charge in [0, 0.05) is 13.1 Å². The number of carboxylic acid groups (broad SMARTS) is 1. The van der Waals surface area contributed by atoms with E-state index < -0.39 is 23.6 Å². The number of carbonyl (C=O) groups excluding carboxylic acids is 1. The molecule has 0 aliphatic carbocycles. The van der Waals surface area contributed by atoms with Crippen LogP contribution in [0.25, 0.3) is 0 Å². The van der Waals surface area contributed by atoms with E-state index in [9.17, 15) is 14.7 Å². The molecule has 0 aromatic heterocycles. The molecule has 1 saturated heterocycles. The van der Waals surface area contributed by atoms with E-state index >= 15 is 0 Å². The highest BCUT2D eigenvalue weighted by Gasteiger charge is 2.30. The molecular formula is C12H20N2O4. The van der Waals surface area contributed by atoms with Crippen molar-refractivity contribution >= 4 is 12.0 Å². The molecule has 1 aliphatic heterocycles. The first kappa shape index (κ1) is 14.5. The maximum atomic E-state index is 11.8. The van der Waals surface area contributed by atoms with Gasteiger partial charge in [0.15, 0.2) is 0 Å². The number of carboxylic acids is 1. The Hall–Kier alpha value is -1.56. The summed E-state index contributed by atoms with van der Waals surface area (Å²) < 4.78 is 0. The van der Waals surface area contributed by atoms with Gasteiger partial charge in [-0.05, 0) is 26.2 Å². The first-order chi connectivity index (χ1) is 8.35. The fourth-order valence-corrected chi connectivity index (χ4v) is 1.82. The van der Waals surface area contributed by atoms with Crippen LogP contribution in [0.1, 0.15) is 26.2 Å². The third-order valence-electron chi connectivity index (χ3n) is 3.13. The highest BCUT2D eigenvalue weighted by molar-refractivity contribution is 5.82. The molecule has 2 amide bonds. The van der Waals surface area contributed by atoms with Gasteiger partial charge in [0.2, 0.25) is 0 Å². The lowest BCUT2D eigenvalue weighted by Gasteiger charge is -2.36. The Morgan fingerprint density at radius 1 is 1.50 bits per heavy atom. The van der Waals surface area contributed by atoms with Crippen molar-refractivity contribution in [2.45, 2.75) is 37.8 Å². The number of piperidine rings is 1. The summed E-state index contributed by atoms with van der Waals surface area (Å²) in [5.74, 6) is -1.08. The van der Waals surface area contributed by atoms with E-state index in [4.69, 9.17) is 5.11 Å². The second-order valence-electron chi connectivity index (χ2n) is 4.85. The number of urea groups is 1. The summed E-state index contributed by atoms with van der Waals surface area (Å²) in [5.41, 5.74) is -0.732. The highest BCUT2D eigenvalue weighted by Crippen LogP contribution is 2.21. The molecule has 1 fully saturated rings. The predicted molar refractivity (Wildman–Crippen MR) is 66.2 cm³/mol. The Morgan fingerprint density at radius 2 is 2.06 bits per heavy atom. The second kappa shape index (κ2) is 5.86. The average Bonchev–Trinajstić information content (AvgIpc) is 2.28. The van der Waals surface area contributed by atoms with E-state index in [0.717, 1.165) is 0 Å². The SMILES string of the molecule is C=CCC(NC(=O)N1CCC(C)(O)CC1)C(=O)O. The number of likely N-dealkylation sites (tertiary alicyclic amines) is 1. The van der Waals surface area contributed by atoms with Crippen LogP contribution in [0.4, 0.5) is 4.79 Å². The third-order valence-corrected chi connectivity index (χ3v) is 3.13. The zero-order chi connectivity index (χ0) is 13.8. The fraction of sp³-hybridized carbons (Fsp3) is 0.667. The van der Waals surface area contributed by atoms with Crippen LogP contribution in [0.2, 0.25) is 0 Å². The van der Waals surface area contributed by atoms with Gasteiger partial charge in [-0.25, -0.2) is 9.59 Å². The van der Waals surface area contributed by atoms with Gasteiger partial charge in [-0.1, -0.05) is 6.08 Å². The van der Waals surface area contributed by atoms with Crippen molar-refractivity contribution in [1.29, 1.82) is 0 Å². The van der Waals surface area contributed by atoms with E-state index in [1.807, 2.05) is 0 Å². The van der Waals surface area contributed by atoms with E-state index in [1.165, 1.54) is 11.0 Å². The van der Waals surface area contributed by atoms with Crippen LogP contribution in [0.5, 0.6) is 0 Å². The smallest absolute Gasteiger partial charge is 0.326 e. The van der Waals surface area contributed by atoms with Crippen molar-refractivity contribution < 1.29 is 19.8 Å². The third kappa shape index (κ3) is 4.03. The van der Waals surface area contributed by atoms with Gasteiger partial charge in [0.1, 0.15) is 6.04 Å². The molecule has 0 aromatic carbocycles. The molecule has 3 N–H and O–H groups in total. The van der Waals surface area contributed by atoms with Crippen LogP contribution >= 0.6 is 0 Å². The molecular weight excluding hydrogens is 236 g/mol. The Kier molecular flexibility index (Phi) is 4.72. The molecule has 0 aromatic rings. The Balaban J connectivity index is 2.50. The van der Waals surface area contributed by atoms with Gasteiger partial charge in [-0.3, -0.25) is 0 Å². The molecule has 18 heavy (non-hydrogen) atoms. The Morgan fingerprint density at radius 3 is 2.50 bits per heavy atom.